The molecule has 156 valence electrons. The molecule has 3 rings (SSSR count). The number of carbonyl (C=O) groups excluding carboxylic acids is 2. The van der Waals surface area contributed by atoms with Gasteiger partial charge in [-0.3, -0.25) is 9.59 Å². The van der Waals surface area contributed by atoms with Crippen LogP contribution in [0.1, 0.15) is 73.2 Å². The zero-order chi connectivity index (χ0) is 19.1. The van der Waals surface area contributed by atoms with Gasteiger partial charge in [-0.15, -0.1) is 12.4 Å². The van der Waals surface area contributed by atoms with Crippen LogP contribution < -0.4 is 10.6 Å². The molecule has 1 aliphatic carbocycles. The van der Waals surface area contributed by atoms with Gasteiger partial charge < -0.3 is 15.4 Å². The van der Waals surface area contributed by atoms with Crippen LogP contribution >= 0.6 is 12.4 Å². The highest BCUT2D eigenvalue weighted by Crippen LogP contribution is 2.29. The van der Waals surface area contributed by atoms with Gasteiger partial charge in [0.05, 0.1) is 7.11 Å². The fraction of sp³-hybridized carbons (Fsp3) is 0.636. The number of piperidine rings is 1. The fourth-order valence-corrected chi connectivity index (χ4v) is 4.38. The average Bonchev–Trinajstić information content (AvgIpc) is 2.73. The smallest absolute Gasteiger partial charge is 0.305 e. The predicted octanol–water partition coefficient (Wildman–Crippen LogP) is 3.82. The maximum Gasteiger partial charge on any atom is 0.305 e. The lowest BCUT2D eigenvalue weighted by Gasteiger charge is -2.29. The Bertz CT molecular complexity index is 638. The lowest BCUT2D eigenvalue weighted by Crippen LogP contribution is -2.37. The lowest BCUT2D eigenvalue weighted by molar-refractivity contribution is -0.141. The Morgan fingerprint density at radius 1 is 1.11 bits per heavy atom. The third-order valence-corrected chi connectivity index (χ3v) is 6.13. The monoisotopic (exact) mass is 408 g/mol. The van der Waals surface area contributed by atoms with E-state index in [0.29, 0.717) is 18.3 Å². The zero-order valence-corrected chi connectivity index (χ0v) is 17.6. The molecule has 1 aliphatic heterocycles. The molecule has 1 aromatic rings. The predicted molar refractivity (Wildman–Crippen MR) is 113 cm³/mol. The van der Waals surface area contributed by atoms with E-state index in [0.717, 1.165) is 63.6 Å². The lowest BCUT2D eigenvalue weighted by atomic mass is 9.83. The number of benzene rings is 1. The molecule has 0 aromatic heterocycles. The number of rotatable bonds is 6. The quantitative estimate of drug-likeness (QED) is 0.702. The van der Waals surface area contributed by atoms with E-state index in [2.05, 4.69) is 22.8 Å². The average molecular weight is 409 g/mol. The highest BCUT2D eigenvalue weighted by atomic mass is 35.5. The number of halogens is 1. The van der Waals surface area contributed by atoms with Crippen molar-refractivity contribution in [3.8, 4) is 0 Å². The number of hydrogen-bond acceptors (Lipinski definition) is 4. The first-order valence-electron chi connectivity index (χ1n) is 10.3. The van der Waals surface area contributed by atoms with Crippen molar-refractivity contribution < 1.29 is 14.3 Å². The van der Waals surface area contributed by atoms with Crippen molar-refractivity contribution in [3.63, 3.8) is 0 Å². The Hall–Kier alpha value is -1.59. The summed E-state index contributed by atoms with van der Waals surface area (Å²) in [6, 6.07) is 8.40. The minimum atomic E-state index is -0.126. The van der Waals surface area contributed by atoms with Crippen LogP contribution in [0, 0.1) is 5.92 Å². The van der Waals surface area contributed by atoms with E-state index < -0.39 is 0 Å². The second kappa shape index (κ2) is 11.4. The van der Waals surface area contributed by atoms with Crippen LogP contribution in [0.5, 0.6) is 0 Å². The van der Waals surface area contributed by atoms with Gasteiger partial charge in [0, 0.05) is 18.0 Å². The van der Waals surface area contributed by atoms with Gasteiger partial charge in [-0.2, -0.15) is 0 Å². The van der Waals surface area contributed by atoms with E-state index in [1.807, 2.05) is 12.1 Å². The van der Waals surface area contributed by atoms with Crippen molar-refractivity contribution in [2.24, 2.45) is 5.92 Å². The van der Waals surface area contributed by atoms with Crippen molar-refractivity contribution in [1.82, 2.24) is 10.6 Å². The van der Waals surface area contributed by atoms with Gasteiger partial charge >= 0.3 is 5.97 Å². The molecule has 1 saturated heterocycles. The molecule has 2 fully saturated rings. The number of carbonyl (C=O) groups is 2. The van der Waals surface area contributed by atoms with Gasteiger partial charge in [0.25, 0.3) is 5.91 Å². The summed E-state index contributed by atoms with van der Waals surface area (Å²) in [7, 11) is 1.44. The van der Waals surface area contributed by atoms with E-state index in [1.54, 1.807) is 0 Å². The molecule has 1 aromatic carbocycles. The van der Waals surface area contributed by atoms with Crippen molar-refractivity contribution in [1.29, 1.82) is 0 Å². The third kappa shape index (κ3) is 6.49. The van der Waals surface area contributed by atoms with Gasteiger partial charge in [-0.05, 0) is 87.6 Å². The minimum absolute atomic E-state index is 0. The van der Waals surface area contributed by atoms with E-state index in [9.17, 15) is 9.59 Å². The van der Waals surface area contributed by atoms with Crippen molar-refractivity contribution in [3.05, 3.63) is 35.4 Å². The molecule has 1 heterocycles. The second-order valence-corrected chi connectivity index (χ2v) is 7.96. The number of methoxy groups -OCH3 is 1. The summed E-state index contributed by atoms with van der Waals surface area (Å²) in [5.41, 5.74) is 2.06. The highest BCUT2D eigenvalue weighted by molar-refractivity contribution is 5.94. The van der Waals surface area contributed by atoms with Crippen molar-refractivity contribution in [2.45, 2.75) is 63.3 Å². The van der Waals surface area contributed by atoms with E-state index in [-0.39, 0.29) is 30.3 Å². The Balaban J connectivity index is 0.00000280. The number of ether oxygens (including phenoxy) is 1. The Kier molecular flexibility index (Phi) is 9.26. The van der Waals surface area contributed by atoms with E-state index in [1.165, 1.54) is 12.7 Å². The topological polar surface area (TPSA) is 67.4 Å². The third-order valence-electron chi connectivity index (χ3n) is 6.13. The van der Waals surface area contributed by atoms with Crippen molar-refractivity contribution in [2.75, 3.05) is 20.2 Å². The maximum atomic E-state index is 12.7. The molecule has 0 radical (unpaired) electrons. The van der Waals surface area contributed by atoms with Crippen LogP contribution in [0.3, 0.4) is 0 Å². The van der Waals surface area contributed by atoms with Crippen molar-refractivity contribution >= 4 is 24.3 Å². The van der Waals surface area contributed by atoms with Crippen LogP contribution in [0.4, 0.5) is 0 Å². The van der Waals surface area contributed by atoms with Crippen LogP contribution in [0.2, 0.25) is 0 Å². The minimum Gasteiger partial charge on any atom is -0.469 e. The maximum absolute atomic E-state index is 12.7. The summed E-state index contributed by atoms with van der Waals surface area (Å²) in [5.74, 6) is 1.05. The summed E-state index contributed by atoms with van der Waals surface area (Å²) in [6.07, 6.45) is 7.79. The molecule has 2 N–H and O–H groups in total. The molecule has 28 heavy (non-hydrogen) atoms. The van der Waals surface area contributed by atoms with Crippen LogP contribution in [-0.4, -0.2) is 38.1 Å². The summed E-state index contributed by atoms with van der Waals surface area (Å²) in [5, 5.41) is 6.61. The molecule has 1 amide bonds. The molecule has 2 aliphatic rings. The number of amides is 1. The summed E-state index contributed by atoms with van der Waals surface area (Å²) >= 11 is 0. The van der Waals surface area contributed by atoms with Gasteiger partial charge in [0.1, 0.15) is 0 Å². The number of nitrogens with one attached hydrogen (secondary N) is 2. The Labute approximate surface area is 174 Å². The zero-order valence-electron chi connectivity index (χ0n) is 16.7. The SMILES string of the molecule is COC(=O)CC[C@H]1CC[C@H](NC(=O)c2cccc(C3CCNCC3)c2)CC1.Cl. The summed E-state index contributed by atoms with van der Waals surface area (Å²) in [4.78, 5) is 24.0. The Morgan fingerprint density at radius 3 is 2.50 bits per heavy atom. The molecule has 0 atom stereocenters. The standard InChI is InChI=1S/C22H32N2O3.ClH/c1-27-21(25)10-7-16-5-8-20(9-6-16)24-22(26)19-4-2-3-18(15-19)17-11-13-23-14-12-17;/h2-4,15-17,20,23H,5-14H2,1H3,(H,24,26);1H/t16-,20-;. The largest absolute Gasteiger partial charge is 0.469 e. The number of hydrogen-bond donors (Lipinski definition) is 2. The molecular weight excluding hydrogens is 376 g/mol. The molecular formula is C22H33ClN2O3. The molecule has 5 nitrogen and oxygen atoms in total. The summed E-state index contributed by atoms with van der Waals surface area (Å²) < 4.78 is 4.72. The molecule has 6 heteroatoms. The van der Waals surface area contributed by atoms with E-state index >= 15 is 0 Å². The first kappa shape index (κ1) is 22.7. The highest BCUT2D eigenvalue weighted by Gasteiger charge is 2.24. The van der Waals surface area contributed by atoms with Crippen LogP contribution in [0.25, 0.3) is 0 Å². The molecule has 0 unspecified atom stereocenters. The van der Waals surface area contributed by atoms with Gasteiger partial charge in [0.2, 0.25) is 0 Å². The fourth-order valence-electron chi connectivity index (χ4n) is 4.38. The summed E-state index contributed by atoms with van der Waals surface area (Å²) in [6.45, 7) is 2.11. The first-order valence-corrected chi connectivity index (χ1v) is 10.3. The van der Waals surface area contributed by atoms with E-state index in [4.69, 9.17) is 4.74 Å². The molecule has 0 bridgehead atoms. The van der Waals surface area contributed by atoms with Crippen LogP contribution in [-0.2, 0) is 9.53 Å². The first-order chi connectivity index (χ1) is 13.2. The van der Waals surface area contributed by atoms with Crippen LogP contribution in [0.15, 0.2) is 24.3 Å². The van der Waals surface area contributed by atoms with Gasteiger partial charge in [-0.25, -0.2) is 0 Å². The van der Waals surface area contributed by atoms with Gasteiger partial charge in [0.15, 0.2) is 0 Å². The molecule has 1 saturated carbocycles. The second-order valence-electron chi connectivity index (χ2n) is 7.96. The van der Waals surface area contributed by atoms with Gasteiger partial charge in [-0.1, -0.05) is 12.1 Å². The normalized spacial score (nSPS) is 22.8. The number of esters is 1. The Morgan fingerprint density at radius 2 is 1.82 bits per heavy atom. The molecule has 0 spiro atoms.